The molecule has 0 unspecified atom stereocenters. The van der Waals surface area contributed by atoms with Gasteiger partial charge < -0.3 is 20.1 Å². The number of ether oxygens (including phenoxy) is 2. The van der Waals surface area contributed by atoms with Crippen molar-refractivity contribution in [3.8, 4) is 0 Å². The lowest BCUT2D eigenvalue weighted by Gasteiger charge is -2.37. The van der Waals surface area contributed by atoms with E-state index in [1.54, 1.807) is 7.11 Å². The lowest BCUT2D eigenvalue weighted by Crippen LogP contribution is -2.47. The van der Waals surface area contributed by atoms with E-state index in [0.717, 1.165) is 71.6 Å². The molecule has 0 radical (unpaired) electrons. The molecule has 0 spiro atoms. The standard InChI is InChI=1S/C16H30N2O3.ClH/c1-20-13-16(6-8-17-9-7-16)12-18-15(19)3-2-14-4-10-21-11-5-14;/h14,17H,2-13H2,1H3,(H,18,19);1H. The first-order valence-corrected chi connectivity index (χ1v) is 8.28. The van der Waals surface area contributed by atoms with Crippen LogP contribution in [0.1, 0.15) is 38.5 Å². The van der Waals surface area contributed by atoms with Crippen molar-refractivity contribution in [1.82, 2.24) is 10.6 Å². The fourth-order valence-corrected chi connectivity index (χ4v) is 3.38. The molecule has 2 aliphatic heterocycles. The van der Waals surface area contributed by atoms with Crippen LogP contribution in [-0.2, 0) is 14.3 Å². The first-order valence-electron chi connectivity index (χ1n) is 8.28. The number of nitrogens with one attached hydrogen (secondary N) is 2. The third kappa shape index (κ3) is 6.41. The highest BCUT2D eigenvalue weighted by Gasteiger charge is 2.32. The number of halogens is 1. The zero-order chi connectivity index (χ0) is 15.0. The molecule has 0 bridgehead atoms. The largest absolute Gasteiger partial charge is 0.384 e. The highest BCUT2D eigenvalue weighted by Crippen LogP contribution is 2.28. The van der Waals surface area contributed by atoms with Gasteiger partial charge in [0, 0.05) is 38.7 Å². The van der Waals surface area contributed by atoms with E-state index in [-0.39, 0.29) is 23.7 Å². The molecule has 2 rings (SSSR count). The summed E-state index contributed by atoms with van der Waals surface area (Å²) in [7, 11) is 1.75. The van der Waals surface area contributed by atoms with E-state index < -0.39 is 0 Å². The summed E-state index contributed by atoms with van der Waals surface area (Å²) >= 11 is 0. The van der Waals surface area contributed by atoms with Crippen LogP contribution >= 0.6 is 12.4 Å². The molecule has 130 valence electrons. The molecular formula is C16H31ClN2O3. The third-order valence-electron chi connectivity index (χ3n) is 4.90. The molecule has 2 N–H and O–H groups in total. The van der Waals surface area contributed by atoms with Gasteiger partial charge in [0.1, 0.15) is 0 Å². The Morgan fingerprint density at radius 2 is 2.00 bits per heavy atom. The minimum Gasteiger partial charge on any atom is -0.384 e. The van der Waals surface area contributed by atoms with Crippen LogP contribution in [0.5, 0.6) is 0 Å². The van der Waals surface area contributed by atoms with E-state index in [4.69, 9.17) is 9.47 Å². The summed E-state index contributed by atoms with van der Waals surface area (Å²) in [6.07, 6.45) is 5.99. The summed E-state index contributed by atoms with van der Waals surface area (Å²) in [5.41, 5.74) is 0.119. The monoisotopic (exact) mass is 334 g/mol. The van der Waals surface area contributed by atoms with Crippen molar-refractivity contribution in [2.24, 2.45) is 11.3 Å². The highest BCUT2D eigenvalue weighted by atomic mass is 35.5. The van der Waals surface area contributed by atoms with Crippen LogP contribution in [0.15, 0.2) is 0 Å². The van der Waals surface area contributed by atoms with Gasteiger partial charge in [-0.25, -0.2) is 0 Å². The van der Waals surface area contributed by atoms with Gasteiger partial charge in [0.05, 0.1) is 6.61 Å². The number of piperidine rings is 1. The van der Waals surface area contributed by atoms with Crippen molar-refractivity contribution in [1.29, 1.82) is 0 Å². The second-order valence-electron chi connectivity index (χ2n) is 6.55. The van der Waals surface area contributed by atoms with E-state index in [0.29, 0.717) is 12.3 Å². The quantitative estimate of drug-likeness (QED) is 0.744. The molecule has 6 heteroatoms. The second-order valence-corrected chi connectivity index (χ2v) is 6.55. The Kier molecular flexibility index (Phi) is 9.33. The first kappa shape index (κ1) is 19.7. The number of carbonyl (C=O) groups excluding carboxylic acids is 1. The van der Waals surface area contributed by atoms with Crippen LogP contribution in [0.4, 0.5) is 0 Å². The van der Waals surface area contributed by atoms with Crippen molar-refractivity contribution < 1.29 is 14.3 Å². The zero-order valence-corrected chi connectivity index (χ0v) is 14.5. The van der Waals surface area contributed by atoms with E-state index in [9.17, 15) is 4.79 Å². The van der Waals surface area contributed by atoms with Gasteiger partial charge in [0.25, 0.3) is 0 Å². The first-order chi connectivity index (χ1) is 10.2. The fourth-order valence-electron chi connectivity index (χ4n) is 3.38. The van der Waals surface area contributed by atoms with Crippen LogP contribution in [-0.4, -0.2) is 52.5 Å². The molecule has 1 amide bonds. The molecular weight excluding hydrogens is 304 g/mol. The maximum atomic E-state index is 12.1. The molecule has 2 aliphatic rings. The van der Waals surface area contributed by atoms with Gasteiger partial charge in [0.2, 0.25) is 5.91 Å². The van der Waals surface area contributed by atoms with Crippen molar-refractivity contribution in [2.75, 3.05) is 46.6 Å². The zero-order valence-electron chi connectivity index (χ0n) is 13.7. The van der Waals surface area contributed by atoms with Crippen LogP contribution < -0.4 is 10.6 Å². The van der Waals surface area contributed by atoms with Crippen molar-refractivity contribution in [3.05, 3.63) is 0 Å². The van der Waals surface area contributed by atoms with Gasteiger partial charge in [-0.3, -0.25) is 4.79 Å². The molecule has 0 aromatic heterocycles. The molecule has 0 aromatic carbocycles. The summed E-state index contributed by atoms with van der Waals surface area (Å²) in [4.78, 5) is 12.1. The van der Waals surface area contributed by atoms with Gasteiger partial charge >= 0.3 is 0 Å². The van der Waals surface area contributed by atoms with Crippen molar-refractivity contribution in [2.45, 2.75) is 38.5 Å². The Hall–Kier alpha value is -0.360. The van der Waals surface area contributed by atoms with Gasteiger partial charge in [0.15, 0.2) is 0 Å². The van der Waals surface area contributed by atoms with Crippen molar-refractivity contribution >= 4 is 18.3 Å². The topological polar surface area (TPSA) is 59.6 Å². The highest BCUT2D eigenvalue weighted by molar-refractivity contribution is 5.85. The van der Waals surface area contributed by atoms with Crippen LogP contribution in [0.3, 0.4) is 0 Å². The Morgan fingerprint density at radius 1 is 1.32 bits per heavy atom. The maximum absolute atomic E-state index is 12.1. The summed E-state index contributed by atoms with van der Waals surface area (Å²) < 4.78 is 10.7. The Morgan fingerprint density at radius 3 is 2.64 bits per heavy atom. The fraction of sp³-hybridized carbons (Fsp3) is 0.938. The Balaban J connectivity index is 0.00000242. The summed E-state index contributed by atoms with van der Waals surface area (Å²) in [6.45, 7) is 5.22. The van der Waals surface area contributed by atoms with Crippen LogP contribution in [0.25, 0.3) is 0 Å². The van der Waals surface area contributed by atoms with E-state index in [2.05, 4.69) is 10.6 Å². The number of carbonyl (C=O) groups is 1. The molecule has 2 fully saturated rings. The molecule has 22 heavy (non-hydrogen) atoms. The average molecular weight is 335 g/mol. The Labute approximate surface area is 140 Å². The number of rotatable bonds is 7. The minimum atomic E-state index is 0. The van der Waals surface area contributed by atoms with Crippen LogP contribution in [0.2, 0.25) is 0 Å². The summed E-state index contributed by atoms with van der Waals surface area (Å²) in [5.74, 6) is 0.854. The summed E-state index contributed by atoms with van der Waals surface area (Å²) in [5, 5.41) is 6.51. The van der Waals surface area contributed by atoms with E-state index in [1.807, 2.05) is 0 Å². The molecule has 0 aromatic rings. The van der Waals surface area contributed by atoms with Gasteiger partial charge in [-0.2, -0.15) is 0 Å². The normalized spacial score (nSPS) is 21.9. The van der Waals surface area contributed by atoms with E-state index >= 15 is 0 Å². The number of methoxy groups -OCH3 is 1. The number of hydrogen-bond donors (Lipinski definition) is 2. The SMILES string of the molecule is COCC1(CNC(=O)CCC2CCOCC2)CCNCC1.Cl. The second kappa shape index (κ2) is 10.4. The predicted octanol–water partition coefficient (Wildman–Crippen LogP) is 1.75. The molecule has 0 saturated carbocycles. The molecule has 0 aliphatic carbocycles. The number of amides is 1. The van der Waals surface area contributed by atoms with E-state index in [1.165, 1.54) is 0 Å². The van der Waals surface area contributed by atoms with Gasteiger partial charge in [-0.15, -0.1) is 12.4 Å². The predicted molar refractivity (Wildman–Crippen MR) is 89.4 cm³/mol. The van der Waals surface area contributed by atoms with Gasteiger partial charge in [-0.1, -0.05) is 0 Å². The average Bonchev–Trinajstić information content (AvgIpc) is 2.53. The lowest BCUT2D eigenvalue weighted by molar-refractivity contribution is -0.122. The molecule has 5 nitrogen and oxygen atoms in total. The molecule has 2 heterocycles. The third-order valence-corrected chi connectivity index (χ3v) is 4.90. The number of hydrogen-bond acceptors (Lipinski definition) is 4. The molecule has 2 saturated heterocycles. The van der Waals surface area contributed by atoms with Crippen molar-refractivity contribution in [3.63, 3.8) is 0 Å². The van der Waals surface area contributed by atoms with Crippen LogP contribution in [0, 0.1) is 11.3 Å². The Bertz CT molecular complexity index is 311. The lowest BCUT2D eigenvalue weighted by atomic mass is 9.79. The summed E-state index contributed by atoms with van der Waals surface area (Å²) in [6, 6.07) is 0. The minimum absolute atomic E-state index is 0. The smallest absolute Gasteiger partial charge is 0.220 e. The maximum Gasteiger partial charge on any atom is 0.220 e. The molecule has 0 atom stereocenters. The van der Waals surface area contributed by atoms with Gasteiger partial charge in [-0.05, 0) is 51.1 Å².